The van der Waals surface area contributed by atoms with Crippen LogP contribution >= 0.6 is 27.5 Å². The Bertz CT molecular complexity index is 573. The third kappa shape index (κ3) is 3.66. The van der Waals surface area contributed by atoms with Crippen LogP contribution in [0.3, 0.4) is 0 Å². The van der Waals surface area contributed by atoms with Gasteiger partial charge >= 0.3 is 0 Å². The van der Waals surface area contributed by atoms with Gasteiger partial charge in [-0.25, -0.2) is 18.1 Å². The van der Waals surface area contributed by atoms with Gasteiger partial charge in [0.2, 0.25) is 10.0 Å². The van der Waals surface area contributed by atoms with Gasteiger partial charge in [0, 0.05) is 23.8 Å². The van der Waals surface area contributed by atoms with Crippen LogP contribution in [0.2, 0.25) is 5.15 Å². The molecule has 1 unspecified atom stereocenters. The zero-order valence-corrected chi connectivity index (χ0v) is 13.5. The average molecular weight is 370 g/mol. The summed E-state index contributed by atoms with van der Waals surface area (Å²) in [6, 6.07) is 1.43. The van der Waals surface area contributed by atoms with E-state index in [1.54, 1.807) is 0 Å². The number of hydrogen-bond donors (Lipinski definition) is 1. The fraction of sp³-hybridized carbons (Fsp3) is 0.545. The van der Waals surface area contributed by atoms with Gasteiger partial charge in [-0.3, -0.25) is 0 Å². The minimum Gasteiger partial charge on any atom is -0.374 e. The first-order valence-corrected chi connectivity index (χ1v) is 8.42. The molecule has 0 aliphatic carbocycles. The maximum atomic E-state index is 12.2. The van der Waals surface area contributed by atoms with Gasteiger partial charge < -0.3 is 4.74 Å². The molecule has 106 valence electrons. The lowest BCUT2D eigenvalue weighted by atomic mass is 10.0. The van der Waals surface area contributed by atoms with E-state index in [0.29, 0.717) is 11.1 Å². The van der Waals surface area contributed by atoms with Crippen molar-refractivity contribution in [3.05, 3.63) is 21.9 Å². The summed E-state index contributed by atoms with van der Waals surface area (Å²) >= 11 is 9.01. The van der Waals surface area contributed by atoms with Crippen LogP contribution in [0.25, 0.3) is 0 Å². The molecule has 0 bridgehead atoms. The summed E-state index contributed by atoms with van der Waals surface area (Å²) in [6.07, 6.45) is 3.22. The fourth-order valence-corrected chi connectivity index (χ4v) is 3.99. The molecular formula is C11H14BrClN2O3S. The molecule has 2 heterocycles. The minimum absolute atomic E-state index is 0.0369. The highest BCUT2D eigenvalue weighted by molar-refractivity contribution is 9.10. The van der Waals surface area contributed by atoms with E-state index in [0.717, 1.165) is 12.8 Å². The van der Waals surface area contributed by atoms with Crippen molar-refractivity contribution in [1.29, 1.82) is 0 Å². The lowest BCUT2D eigenvalue weighted by molar-refractivity contribution is 0.0250. The molecule has 19 heavy (non-hydrogen) atoms. The number of sulfonamides is 1. The Morgan fingerprint density at radius 2 is 2.37 bits per heavy atom. The highest BCUT2D eigenvalue weighted by atomic mass is 79.9. The maximum Gasteiger partial charge on any atom is 0.243 e. The molecular weight excluding hydrogens is 356 g/mol. The quantitative estimate of drug-likeness (QED) is 0.827. The Balaban J connectivity index is 2.16. The molecule has 8 heteroatoms. The number of halogens is 2. The third-order valence-corrected chi connectivity index (χ3v) is 5.26. The van der Waals surface area contributed by atoms with Crippen molar-refractivity contribution in [3.63, 3.8) is 0 Å². The van der Waals surface area contributed by atoms with E-state index >= 15 is 0 Å². The second-order valence-corrected chi connectivity index (χ2v) is 7.68. The predicted molar refractivity (Wildman–Crippen MR) is 75.7 cm³/mol. The van der Waals surface area contributed by atoms with Crippen LogP contribution < -0.4 is 4.72 Å². The van der Waals surface area contributed by atoms with E-state index in [2.05, 4.69) is 25.6 Å². The lowest BCUT2D eigenvalue weighted by Gasteiger charge is -2.23. The molecule has 0 radical (unpaired) electrons. The Morgan fingerprint density at radius 3 is 3.00 bits per heavy atom. The first-order valence-electron chi connectivity index (χ1n) is 5.77. The summed E-state index contributed by atoms with van der Waals surface area (Å²) in [7, 11) is -3.69. The van der Waals surface area contributed by atoms with E-state index < -0.39 is 15.6 Å². The van der Waals surface area contributed by atoms with E-state index in [1.807, 2.05) is 6.92 Å². The lowest BCUT2D eigenvalue weighted by Crippen LogP contribution is -2.40. The SMILES string of the molecule is CC1(CNS(=O)(=O)c2cc(Br)cnc2Cl)CCCO1. The molecule has 5 nitrogen and oxygen atoms in total. The van der Waals surface area contributed by atoms with Gasteiger partial charge in [0.1, 0.15) is 10.0 Å². The van der Waals surface area contributed by atoms with Crippen LogP contribution in [-0.2, 0) is 14.8 Å². The van der Waals surface area contributed by atoms with Crippen LogP contribution in [0.1, 0.15) is 19.8 Å². The first-order chi connectivity index (χ1) is 8.82. The van der Waals surface area contributed by atoms with Crippen LogP contribution in [0.15, 0.2) is 21.6 Å². The van der Waals surface area contributed by atoms with Crippen molar-refractivity contribution in [2.75, 3.05) is 13.2 Å². The molecule has 1 aromatic heterocycles. The number of ether oxygens (including phenoxy) is 1. The zero-order valence-electron chi connectivity index (χ0n) is 10.3. The summed E-state index contributed by atoms with van der Waals surface area (Å²) in [5.74, 6) is 0. The largest absolute Gasteiger partial charge is 0.374 e. The number of rotatable bonds is 4. The number of pyridine rings is 1. The molecule has 0 spiro atoms. The second kappa shape index (κ2) is 5.65. The number of hydrogen-bond acceptors (Lipinski definition) is 4. The third-order valence-electron chi connectivity index (χ3n) is 3.00. The summed E-state index contributed by atoms with van der Waals surface area (Å²) in [5, 5.41) is -0.0480. The van der Waals surface area contributed by atoms with Crippen LogP contribution in [0.4, 0.5) is 0 Å². The van der Waals surface area contributed by atoms with Crippen molar-refractivity contribution in [2.24, 2.45) is 0 Å². The van der Waals surface area contributed by atoms with Crippen LogP contribution in [0, 0.1) is 0 Å². The smallest absolute Gasteiger partial charge is 0.243 e. The topological polar surface area (TPSA) is 68.3 Å². The van der Waals surface area contributed by atoms with Gasteiger partial charge in [0.15, 0.2) is 0 Å². The molecule has 0 amide bonds. The number of aromatic nitrogens is 1. The normalized spacial score (nSPS) is 23.7. The summed E-state index contributed by atoms with van der Waals surface area (Å²) in [6.45, 7) is 2.78. The molecule has 0 aromatic carbocycles. The number of nitrogens with zero attached hydrogens (tertiary/aromatic N) is 1. The maximum absolute atomic E-state index is 12.2. The van der Waals surface area contributed by atoms with E-state index in [-0.39, 0.29) is 16.6 Å². The van der Waals surface area contributed by atoms with Crippen molar-refractivity contribution in [2.45, 2.75) is 30.3 Å². The highest BCUT2D eigenvalue weighted by Gasteiger charge is 2.32. The van der Waals surface area contributed by atoms with Crippen molar-refractivity contribution in [1.82, 2.24) is 9.71 Å². The second-order valence-electron chi connectivity index (χ2n) is 4.67. The fourth-order valence-electron chi connectivity index (χ4n) is 1.89. The molecule has 1 aromatic rings. The van der Waals surface area contributed by atoms with Crippen molar-refractivity contribution >= 4 is 37.6 Å². The Kier molecular flexibility index (Phi) is 4.52. The Morgan fingerprint density at radius 1 is 1.63 bits per heavy atom. The molecule has 1 aliphatic rings. The van der Waals surface area contributed by atoms with Crippen molar-refractivity contribution < 1.29 is 13.2 Å². The van der Waals surface area contributed by atoms with E-state index in [9.17, 15) is 8.42 Å². The molecule has 1 N–H and O–H groups in total. The minimum atomic E-state index is -3.69. The summed E-state index contributed by atoms with van der Waals surface area (Å²) in [4.78, 5) is 3.77. The predicted octanol–water partition coefficient (Wildman–Crippen LogP) is 2.34. The number of nitrogens with one attached hydrogen (secondary N) is 1. The van der Waals surface area contributed by atoms with Gasteiger partial charge in [-0.05, 0) is 41.8 Å². The van der Waals surface area contributed by atoms with Gasteiger partial charge in [-0.2, -0.15) is 0 Å². The Labute approximate surface area is 125 Å². The zero-order chi connectivity index (χ0) is 14.1. The summed E-state index contributed by atoms with van der Waals surface area (Å²) < 4.78 is 33.0. The summed E-state index contributed by atoms with van der Waals surface area (Å²) in [5.41, 5.74) is -0.445. The average Bonchev–Trinajstić information content (AvgIpc) is 2.78. The molecule has 1 saturated heterocycles. The van der Waals surface area contributed by atoms with Gasteiger partial charge in [-0.1, -0.05) is 11.6 Å². The van der Waals surface area contributed by atoms with Gasteiger partial charge in [-0.15, -0.1) is 0 Å². The molecule has 1 atom stereocenters. The molecule has 2 rings (SSSR count). The van der Waals surface area contributed by atoms with Gasteiger partial charge in [0.05, 0.1) is 5.60 Å². The van der Waals surface area contributed by atoms with Gasteiger partial charge in [0.25, 0.3) is 0 Å². The molecule has 1 fully saturated rings. The Hall–Kier alpha value is -0.210. The standard InChI is InChI=1S/C11H14BrClN2O3S/c1-11(3-2-4-18-11)7-15-19(16,17)9-5-8(12)6-14-10(9)13/h5-6,15H,2-4,7H2,1H3. The monoisotopic (exact) mass is 368 g/mol. The molecule has 0 saturated carbocycles. The molecule has 1 aliphatic heterocycles. The van der Waals surface area contributed by atoms with Crippen molar-refractivity contribution in [3.8, 4) is 0 Å². The van der Waals surface area contributed by atoms with E-state index in [4.69, 9.17) is 16.3 Å². The van der Waals surface area contributed by atoms with Crippen LogP contribution in [0.5, 0.6) is 0 Å². The highest BCUT2D eigenvalue weighted by Crippen LogP contribution is 2.26. The first kappa shape index (κ1) is 15.2. The van der Waals surface area contributed by atoms with E-state index in [1.165, 1.54) is 12.3 Å². The van der Waals surface area contributed by atoms with Crippen LogP contribution in [-0.4, -0.2) is 32.2 Å².